The van der Waals surface area contributed by atoms with Crippen LogP contribution in [-0.4, -0.2) is 35.6 Å². The normalized spacial score (nSPS) is 11.8. The molecule has 1 aromatic carbocycles. The van der Waals surface area contributed by atoms with Crippen molar-refractivity contribution in [3.05, 3.63) is 35.4 Å². The van der Waals surface area contributed by atoms with Crippen LogP contribution in [0.5, 0.6) is 0 Å². The van der Waals surface area contributed by atoms with Crippen LogP contribution in [0, 0.1) is 12.8 Å². The molecule has 2 N–H and O–H groups in total. The van der Waals surface area contributed by atoms with E-state index in [4.69, 9.17) is 5.11 Å². The van der Waals surface area contributed by atoms with Gasteiger partial charge in [-0.05, 0) is 30.9 Å². The number of benzene rings is 1. The Hall–Kier alpha value is -2.04. The molecule has 1 aromatic rings. The summed E-state index contributed by atoms with van der Waals surface area (Å²) >= 11 is 0. The van der Waals surface area contributed by atoms with Crippen molar-refractivity contribution in [3.63, 3.8) is 0 Å². The van der Waals surface area contributed by atoms with E-state index in [-0.39, 0.29) is 11.9 Å². The number of rotatable bonds is 7. The minimum absolute atomic E-state index is 0.138. The molecule has 0 bridgehead atoms. The molecule has 0 saturated heterocycles. The third-order valence-corrected chi connectivity index (χ3v) is 3.53. The highest BCUT2D eigenvalue weighted by Gasteiger charge is 2.12. The number of nitrogens with zero attached hydrogens (tertiary/aromatic N) is 1. The Morgan fingerprint density at radius 2 is 2.00 bits per heavy atom. The molecule has 5 nitrogen and oxygen atoms in total. The second-order valence-electron chi connectivity index (χ2n) is 5.40. The number of nitrogens with one attached hydrogen (secondary N) is 1. The Kier molecular flexibility index (Phi) is 6.72. The van der Waals surface area contributed by atoms with Crippen LogP contribution in [0.25, 0.3) is 0 Å². The molecule has 0 aliphatic carbocycles. The molecule has 0 aromatic heterocycles. The highest BCUT2D eigenvalue weighted by atomic mass is 16.4. The fourth-order valence-electron chi connectivity index (χ4n) is 1.98. The van der Waals surface area contributed by atoms with E-state index in [0.717, 1.165) is 11.1 Å². The van der Waals surface area contributed by atoms with Gasteiger partial charge in [0.25, 0.3) is 0 Å². The number of hydrogen-bond acceptors (Lipinski definition) is 2. The zero-order valence-electron chi connectivity index (χ0n) is 12.9. The summed E-state index contributed by atoms with van der Waals surface area (Å²) in [4.78, 5) is 24.2. The van der Waals surface area contributed by atoms with Crippen LogP contribution in [0.15, 0.2) is 24.3 Å². The Bertz CT molecular complexity index is 488. The monoisotopic (exact) mass is 292 g/mol. The van der Waals surface area contributed by atoms with Gasteiger partial charge in [0, 0.05) is 20.1 Å². The lowest BCUT2D eigenvalue weighted by Crippen LogP contribution is -2.37. The Balaban J connectivity index is 2.32. The summed E-state index contributed by atoms with van der Waals surface area (Å²) in [6.45, 7) is 4.75. The van der Waals surface area contributed by atoms with Gasteiger partial charge in [-0.25, -0.2) is 4.79 Å². The molecule has 0 aliphatic heterocycles. The van der Waals surface area contributed by atoms with Gasteiger partial charge in [-0.2, -0.15) is 0 Å². The average molecular weight is 292 g/mol. The third-order valence-electron chi connectivity index (χ3n) is 3.53. The van der Waals surface area contributed by atoms with E-state index < -0.39 is 5.97 Å². The summed E-state index contributed by atoms with van der Waals surface area (Å²) < 4.78 is 0. The third kappa shape index (κ3) is 5.85. The average Bonchev–Trinajstić information content (AvgIpc) is 2.45. The van der Waals surface area contributed by atoms with Gasteiger partial charge in [-0.3, -0.25) is 4.79 Å². The summed E-state index contributed by atoms with van der Waals surface area (Å²) in [5.41, 5.74) is 2.28. The van der Waals surface area contributed by atoms with E-state index in [1.807, 2.05) is 31.2 Å². The van der Waals surface area contributed by atoms with Crippen LogP contribution in [0.4, 0.5) is 4.79 Å². The Morgan fingerprint density at radius 1 is 1.33 bits per heavy atom. The zero-order valence-corrected chi connectivity index (χ0v) is 12.9. The predicted octanol–water partition coefficient (Wildman–Crippen LogP) is 2.64. The molecule has 1 rings (SSSR count). The van der Waals surface area contributed by atoms with Crippen LogP contribution in [0.3, 0.4) is 0 Å². The van der Waals surface area contributed by atoms with Gasteiger partial charge in [-0.1, -0.05) is 31.2 Å². The molecule has 5 heteroatoms. The van der Waals surface area contributed by atoms with E-state index in [0.29, 0.717) is 25.9 Å². The molecule has 21 heavy (non-hydrogen) atoms. The number of urea groups is 1. The van der Waals surface area contributed by atoms with E-state index in [9.17, 15) is 9.59 Å². The predicted molar refractivity (Wildman–Crippen MR) is 82.1 cm³/mol. The minimum Gasteiger partial charge on any atom is -0.481 e. The maximum absolute atomic E-state index is 11.9. The van der Waals surface area contributed by atoms with Gasteiger partial charge in [-0.15, -0.1) is 0 Å². The van der Waals surface area contributed by atoms with Crippen LogP contribution in [0.2, 0.25) is 0 Å². The molecule has 0 fully saturated rings. The van der Waals surface area contributed by atoms with E-state index in [1.165, 1.54) is 0 Å². The minimum atomic E-state index is -0.794. The fraction of sp³-hybridized carbons (Fsp3) is 0.500. The molecule has 0 saturated carbocycles. The number of carbonyl (C=O) groups excluding carboxylic acids is 1. The highest BCUT2D eigenvalue weighted by molar-refractivity contribution is 5.73. The van der Waals surface area contributed by atoms with Gasteiger partial charge in [0.15, 0.2) is 0 Å². The molecule has 1 atom stereocenters. The number of hydrogen-bond donors (Lipinski definition) is 2. The topological polar surface area (TPSA) is 69.6 Å². The maximum atomic E-state index is 11.9. The van der Waals surface area contributed by atoms with Crippen LogP contribution >= 0.6 is 0 Å². The summed E-state index contributed by atoms with van der Waals surface area (Å²) in [5.74, 6) is -1.16. The molecule has 0 aliphatic rings. The summed E-state index contributed by atoms with van der Waals surface area (Å²) in [7, 11) is 1.75. The van der Waals surface area contributed by atoms with Crippen molar-refractivity contribution in [1.29, 1.82) is 0 Å². The molecule has 2 amide bonds. The van der Waals surface area contributed by atoms with Gasteiger partial charge in [0.05, 0.1) is 5.92 Å². The van der Waals surface area contributed by atoms with Crippen molar-refractivity contribution in [2.75, 3.05) is 13.6 Å². The van der Waals surface area contributed by atoms with E-state index in [2.05, 4.69) is 5.32 Å². The number of carboxylic acid groups (broad SMARTS) is 1. The number of aliphatic carboxylic acids is 1. The largest absolute Gasteiger partial charge is 0.481 e. The first-order valence-electron chi connectivity index (χ1n) is 7.18. The standard InChI is InChI=1S/C16H24N2O3/c1-12-7-4-5-9-14(12)11-18(3)16(21)17-10-6-8-13(2)15(19)20/h4-5,7,9,13H,6,8,10-11H2,1-3H3,(H,17,21)(H,19,20). The van der Waals surface area contributed by atoms with Gasteiger partial charge in [0.1, 0.15) is 0 Å². The Labute approximate surface area is 126 Å². The van der Waals surface area contributed by atoms with Gasteiger partial charge < -0.3 is 15.3 Å². The van der Waals surface area contributed by atoms with E-state index >= 15 is 0 Å². The first-order chi connectivity index (χ1) is 9.91. The lowest BCUT2D eigenvalue weighted by Gasteiger charge is -2.19. The first kappa shape index (κ1) is 17.0. The molecular formula is C16H24N2O3. The number of carboxylic acids is 1. The van der Waals surface area contributed by atoms with Gasteiger partial charge >= 0.3 is 12.0 Å². The Morgan fingerprint density at radius 3 is 2.62 bits per heavy atom. The summed E-state index contributed by atoms with van der Waals surface area (Å²) in [6, 6.07) is 7.83. The molecule has 1 unspecified atom stereocenters. The molecule has 116 valence electrons. The molecule has 0 spiro atoms. The number of amides is 2. The zero-order chi connectivity index (χ0) is 15.8. The lowest BCUT2D eigenvalue weighted by molar-refractivity contribution is -0.141. The quantitative estimate of drug-likeness (QED) is 0.759. The van der Waals surface area contributed by atoms with Crippen molar-refractivity contribution >= 4 is 12.0 Å². The van der Waals surface area contributed by atoms with Gasteiger partial charge in [0.2, 0.25) is 0 Å². The van der Waals surface area contributed by atoms with Crippen molar-refractivity contribution in [2.45, 2.75) is 33.2 Å². The van der Waals surface area contributed by atoms with Crippen molar-refractivity contribution in [2.24, 2.45) is 5.92 Å². The molecular weight excluding hydrogens is 268 g/mol. The van der Waals surface area contributed by atoms with Crippen LogP contribution < -0.4 is 5.32 Å². The second-order valence-corrected chi connectivity index (χ2v) is 5.40. The smallest absolute Gasteiger partial charge is 0.317 e. The van der Waals surface area contributed by atoms with Crippen molar-refractivity contribution < 1.29 is 14.7 Å². The van der Waals surface area contributed by atoms with Crippen LogP contribution in [-0.2, 0) is 11.3 Å². The maximum Gasteiger partial charge on any atom is 0.317 e. The molecule has 0 radical (unpaired) electrons. The van der Waals surface area contributed by atoms with Crippen molar-refractivity contribution in [3.8, 4) is 0 Å². The van der Waals surface area contributed by atoms with Crippen molar-refractivity contribution in [1.82, 2.24) is 10.2 Å². The second kappa shape index (κ2) is 8.29. The first-order valence-corrected chi connectivity index (χ1v) is 7.18. The summed E-state index contributed by atoms with van der Waals surface area (Å²) in [6.07, 6.45) is 1.23. The number of carbonyl (C=O) groups is 2. The summed E-state index contributed by atoms with van der Waals surface area (Å²) in [5, 5.41) is 11.6. The lowest BCUT2D eigenvalue weighted by atomic mass is 10.1. The van der Waals surface area contributed by atoms with E-state index in [1.54, 1.807) is 18.9 Å². The fourth-order valence-corrected chi connectivity index (χ4v) is 1.98. The SMILES string of the molecule is Cc1ccccc1CN(C)C(=O)NCCCC(C)C(=O)O. The highest BCUT2D eigenvalue weighted by Crippen LogP contribution is 2.09. The molecule has 0 heterocycles. The number of aryl methyl sites for hydroxylation is 1. The van der Waals surface area contributed by atoms with Crippen LogP contribution in [0.1, 0.15) is 30.9 Å².